The molecule has 0 unspecified atom stereocenters. The van der Waals surface area contributed by atoms with Gasteiger partial charge in [-0.2, -0.15) is 0 Å². The molecule has 3 rings (SSSR count). The van der Waals surface area contributed by atoms with Crippen molar-refractivity contribution in [1.29, 1.82) is 0 Å². The van der Waals surface area contributed by atoms with Crippen molar-refractivity contribution in [3.63, 3.8) is 0 Å². The van der Waals surface area contributed by atoms with Crippen LogP contribution in [0, 0.1) is 6.92 Å². The van der Waals surface area contributed by atoms with Gasteiger partial charge in [0.1, 0.15) is 5.75 Å². The highest BCUT2D eigenvalue weighted by Crippen LogP contribution is 2.15. The maximum atomic E-state index is 12.4. The van der Waals surface area contributed by atoms with Crippen LogP contribution in [0.4, 0.5) is 0 Å². The smallest absolute Gasteiger partial charge is 0.251 e. The number of aromatic hydroxyl groups is 1. The van der Waals surface area contributed by atoms with Crippen LogP contribution in [0.3, 0.4) is 0 Å². The van der Waals surface area contributed by atoms with E-state index in [9.17, 15) is 14.7 Å². The van der Waals surface area contributed by atoms with Crippen molar-refractivity contribution >= 4 is 11.8 Å². The first-order valence-electron chi connectivity index (χ1n) is 9.44. The Labute approximate surface area is 160 Å². The summed E-state index contributed by atoms with van der Waals surface area (Å²) in [7, 11) is 0. The van der Waals surface area contributed by atoms with Gasteiger partial charge >= 0.3 is 0 Å². The van der Waals surface area contributed by atoms with Crippen LogP contribution in [0.25, 0.3) is 0 Å². The van der Waals surface area contributed by atoms with Gasteiger partial charge in [0.25, 0.3) is 5.91 Å². The third-order valence-corrected chi connectivity index (χ3v) is 5.04. The molecule has 2 aromatic carbocycles. The molecule has 1 aliphatic rings. The highest BCUT2D eigenvalue weighted by Gasteiger charge is 2.24. The summed E-state index contributed by atoms with van der Waals surface area (Å²) in [6.45, 7) is 3.38. The molecule has 142 valence electrons. The van der Waals surface area contributed by atoms with Crippen LogP contribution in [0.5, 0.6) is 5.75 Å². The maximum absolute atomic E-state index is 12.4. The molecule has 0 aromatic heterocycles. The van der Waals surface area contributed by atoms with Crippen molar-refractivity contribution in [2.24, 2.45) is 0 Å². The first-order chi connectivity index (χ1) is 13.0. The van der Waals surface area contributed by atoms with E-state index in [1.165, 1.54) is 23.3 Å². The van der Waals surface area contributed by atoms with E-state index in [1.54, 1.807) is 12.1 Å². The Balaban J connectivity index is 1.43. The molecular formula is C22H26N2O3. The van der Waals surface area contributed by atoms with Crippen molar-refractivity contribution in [3.05, 3.63) is 65.2 Å². The fraction of sp³-hybridized carbons (Fsp3) is 0.364. The Morgan fingerprint density at radius 2 is 1.81 bits per heavy atom. The first kappa shape index (κ1) is 19.0. The van der Waals surface area contributed by atoms with Gasteiger partial charge in [-0.25, -0.2) is 0 Å². The Morgan fingerprint density at radius 3 is 2.48 bits per heavy atom. The van der Waals surface area contributed by atoms with Crippen LogP contribution in [-0.2, 0) is 11.2 Å². The zero-order valence-electron chi connectivity index (χ0n) is 15.6. The number of benzene rings is 2. The summed E-state index contributed by atoms with van der Waals surface area (Å²) in [4.78, 5) is 26.6. The van der Waals surface area contributed by atoms with E-state index in [1.807, 2.05) is 4.90 Å². The second-order valence-corrected chi connectivity index (χ2v) is 7.16. The third-order valence-electron chi connectivity index (χ3n) is 5.04. The fourth-order valence-corrected chi connectivity index (χ4v) is 3.35. The molecule has 0 aliphatic carbocycles. The Hall–Kier alpha value is -2.82. The minimum Gasteiger partial charge on any atom is -0.508 e. The van der Waals surface area contributed by atoms with Crippen LogP contribution < -0.4 is 5.32 Å². The summed E-state index contributed by atoms with van der Waals surface area (Å²) < 4.78 is 0. The summed E-state index contributed by atoms with van der Waals surface area (Å²) >= 11 is 0. The number of nitrogens with zero attached hydrogens (tertiary/aromatic N) is 1. The molecule has 27 heavy (non-hydrogen) atoms. The van der Waals surface area contributed by atoms with Gasteiger partial charge in [-0.3, -0.25) is 9.59 Å². The summed E-state index contributed by atoms with van der Waals surface area (Å²) in [5.74, 6) is 0.0695. The second kappa shape index (κ2) is 8.71. The number of phenolic OH excluding ortho intramolecular Hbond substituents is 1. The standard InChI is InChI=1S/C22H26N2O3/c1-16-5-7-17(8-6-16)9-10-21(26)24-13-11-19(12-14-24)23-22(27)18-3-2-4-20(25)15-18/h2-8,15,19,25H,9-14H2,1H3,(H,23,27). The van der Waals surface area contributed by atoms with Gasteiger partial charge in [0, 0.05) is 31.1 Å². The predicted molar refractivity (Wildman–Crippen MR) is 105 cm³/mol. The topological polar surface area (TPSA) is 69.6 Å². The van der Waals surface area contributed by atoms with Crippen molar-refractivity contribution in [3.8, 4) is 5.75 Å². The monoisotopic (exact) mass is 366 g/mol. The van der Waals surface area contributed by atoms with Crippen LogP contribution in [-0.4, -0.2) is 41.0 Å². The van der Waals surface area contributed by atoms with Gasteiger partial charge in [-0.05, 0) is 49.9 Å². The van der Waals surface area contributed by atoms with E-state index >= 15 is 0 Å². The molecule has 2 N–H and O–H groups in total. The third kappa shape index (κ3) is 5.33. The number of hydrogen-bond donors (Lipinski definition) is 2. The summed E-state index contributed by atoms with van der Waals surface area (Å²) in [6, 6.07) is 14.7. The van der Waals surface area contributed by atoms with Gasteiger partial charge in [-0.15, -0.1) is 0 Å². The number of piperidine rings is 1. The molecule has 1 heterocycles. The van der Waals surface area contributed by atoms with Crippen LogP contribution in [0.1, 0.15) is 40.7 Å². The lowest BCUT2D eigenvalue weighted by Crippen LogP contribution is -2.46. The average Bonchev–Trinajstić information content (AvgIpc) is 2.68. The molecule has 0 atom stereocenters. The number of aryl methyl sites for hydroxylation is 2. The highest BCUT2D eigenvalue weighted by molar-refractivity contribution is 5.94. The average molecular weight is 366 g/mol. The lowest BCUT2D eigenvalue weighted by Gasteiger charge is -2.32. The molecule has 2 aromatic rings. The number of nitrogens with one attached hydrogen (secondary N) is 1. The molecular weight excluding hydrogens is 340 g/mol. The maximum Gasteiger partial charge on any atom is 0.251 e. The minimum absolute atomic E-state index is 0.0565. The Morgan fingerprint density at radius 1 is 1.11 bits per heavy atom. The number of rotatable bonds is 5. The zero-order valence-corrected chi connectivity index (χ0v) is 15.6. The summed E-state index contributed by atoms with van der Waals surface area (Å²) in [5.41, 5.74) is 2.86. The molecule has 5 nitrogen and oxygen atoms in total. The van der Waals surface area contributed by atoms with Crippen LogP contribution in [0.2, 0.25) is 0 Å². The van der Waals surface area contributed by atoms with Gasteiger partial charge in [0.2, 0.25) is 5.91 Å². The number of hydrogen-bond acceptors (Lipinski definition) is 3. The number of carbonyl (C=O) groups is 2. The fourth-order valence-electron chi connectivity index (χ4n) is 3.35. The molecule has 1 saturated heterocycles. The van der Waals surface area contributed by atoms with Crippen molar-refractivity contribution in [2.45, 2.75) is 38.6 Å². The largest absolute Gasteiger partial charge is 0.508 e. The van der Waals surface area contributed by atoms with E-state index in [0.29, 0.717) is 25.1 Å². The summed E-state index contributed by atoms with van der Waals surface area (Å²) in [5, 5.41) is 12.5. The minimum atomic E-state index is -0.185. The highest BCUT2D eigenvalue weighted by atomic mass is 16.3. The van der Waals surface area contributed by atoms with Crippen molar-refractivity contribution < 1.29 is 14.7 Å². The molecule has 0 bridgehead atoms. The van der Waals surface area contributed by atoms with Crippen LogP contribution >= 0.6 is 0 Å². The lowest BCUT2D eigenvalue weighted by atomic mass is 10.0. The van der Waals surface area contributed by atoms with Gasteiger partial charge in [0.15, 0.2) is 0 Å². The number of amides is 2. The van der Waals surface area contributed by atoms with Gasteiger partial charge in [0.05, 0.1) is 0 Å². The zero-order chi connectivity index (χ0) is 19.2. The normalized spacial score (nSPS) is 14.8. The number of carbonyl (C=O) groups excluding carboxylic acids is 2. The first-order valence-corrected chi connectivity index (χ1v) is 9.44. The molecule has 2 amide bonds. The van der Waals surface area contributed by atoms with E-state index in [4.69, 9.17) is 0 Å². The Kier molecular flexibility index (Phi) is 6.12. The Bertz CT molecular complexity index is 793. The quantitative estimate of drug-likeness (QED) is 0.854. The predicted octanol–water partition coefficient (Wildman–Crippen LogP) is 3.05. The van der Waals surface area contributed by atoms with Crippen molar-refractivity contribution in [1.82, 2.24) is 10.2 Å². The van der Waals surface area contributed by atoms with E-state index in [2.05, 4.69) is 36.5 Å². The molecule has 1 fully saturated rings. The van der Waals surface area contributed by atoms with Crippen LogP contribution in [0.15, 0.2) is 48.5 Å². The number of phenols is 1. The molecule has 5 heteroatoms. The molecule has 0 saturated carbocycles. The van der Waals surface area contributed by atoms with Gasteiger partial charge in [-0.1, -0.05) is 35.9 Å². The SMILES string of the molecule is Cc1ccc(CCC(=O)N2CCC(NC(=O)c3cccc(O)c3)CC2)cc1. The summed E-state index contributed by atoms with van der Waals surface area (Å²) in [6.07, 6.45) is 2.78. The molecule has 0 spiro atoms. The molecule has 1 aliphatic heterocycles. The van der Waals surface area contributed by atoms with E-state index in [0.717, 1.165) is 19.3 Å². The lowest BCUT2D eigenvalue weighted by molar-refractivity contribution is -0.132. The number of likely N-dealkylation sites (tertiary alicyclic amines) is 1. The second-order valence-electron chi connectivity index (χ2n) is 7.16. The van der Waals surface area contributed by atoms with E-state index < -0.39 is 0 Å². The van der Waals surface area contributed by atoms with E-state index in [-0.39, 0.29) is 23.6 Å². The molecule has 0 radical (unpaired) electrons. The van der Waals surface area contributed by atoms with Crippen molar-refractivity contribution in [2.75, 3.05) is 13.1 Å². The van der Waals surface area contributed by atoms with Gasteiger partial charge < -0.3 is 15.3 Å².